The Balaban J connectivity index is 1.13. The van der Waals surface area contributed by atoms with Gasteiger partial charge in [0.1, 0.15) is 11.7 Å². The molecule has 0 saturated carbocycles. The summed E-state index contributed by atoms with van der Waals surface area (Å²) in [5.41, 5.74) is 4.31. The van der Waals surface area contributed by atoms with E-state index in [-0.39, 0.29) is 22.9 Å². The number of amidine groups is 2. The number of rotatable bonds is 6. The third-order valence-corrected chi connectivity index (χ3v) is 8.08. The van der Waals surface area contributed by atoms with Gasteiger partial charge < -0.3 is 21.3 Å². The summed E-state index contributed by atoms with van der Waals surface area (Å²) in [4.78, 5) is 35.6. The molecule has 0 spiro atoms. The van der Waals surface area contributed by atoms with Crippen molar-refractivity contribution in [3.05, 3.63) is 107 Å². The van der Waals surface area contributed by atoms with E-state index in [2.05, 4.69) is 58.9 Å². The van der Waals surface area contributed by atoms with E-state index in [1.807, 2.05) is 72.8 Å². The van der Waals surface area contributed by atoms with Crippen LogP contribution in [-0.2, 0) is 0 Å². The Bertz CT molecular complexity index is 1690. The summed E-state index contributed by atoms with van der Waals surface area (Å²) >= 11 is 0. The minimum Gasteiger partial charge on any atom is -0.365 e. The molecule has 0 atom stereocenters. The zero-order valence-corrected chi connectivity index (χ0v) is 25.6. The average Bonchev–Trinajstić information content (AvgIpc) is 3.00. The zero-order valence-electron chi connectivity index (χ0n) is 25.6. The van der Waals surface area contributed by atoms with Crippen molar-refractivity contribution in [2.75, 3.05) is 23.7 Å². The van der Waals surface area contributed by atoms with Gasteiger partial charge in [0, 0.05) is 57.8 Å². The number of amides is 2. The minimum atomic E-state index is -0.204. The van der Waals surface area contributed by atoms with Crippen LogP contribution < -0.4 is 21.3 Å². The summed E-state index contributed by atoms with van der Waals surface area (Å²) in [6.45, 7) is 10.2. The molecule has 44 heavy (non-hydrogen) atoms. The van der Waals surface area contributed by atoms with Crippen LogP contribution in [0.15, 0.2) is 94.9 Å². The van der Waals surface area contributed by atoms with Crippen LogP contribution in [0.3, 0.4) is 0 Å². The highest BCUT2D eigenvalue weighted by molar-refractivity contribution is 6.10. The van der Waals surface area contributed by atoms with Gasteiger partial charge in [-0.25, -0.2) is 0 Å². The molecule has 4 aromatic carbocycles. The largest absolute Gasteiger partial charge is 0.365 e. The lowest BCUT2D eigenvalue weighted by atomic mass is 9.98. The Morgan fingerprint density at radius 1 is 0.614 bits per heavy atom. The molecule has 224 valence electrons. The lowest BCUT2D eigenvalue weighted by molar-refractivity contribution is 0.101. The van der Waals surface area contributed by atoms with Crippen LogP contribution in [0.4, 0.5) is 11.4 Å². The van der Waals surface area contributed by atoms with Crippen molar-refractivity contribution >= 4 is 45.6 Å². The number of aliphatic imine (C=N–C) groups is 2. The number of carbonyl (C=O) groups is 2. The van der Waals surface area contributed by atoms with E-state index in [1.165, 1.54) is 0 Å². The normalized spacial score (nSPS) is 17.0. The van der Waals surface area contributed by atoms with Gasteiger partial charge in [-0.2, -0.15) is 0 Å². The Morgan fingerprint density at radius 3 is 1.45 bits per heavy atom. The monoisotopic (exact) mass is 586 g/mol. The summed E-state index contributed by atoms with van der Waals surface area (Å²) in [6, 6.07) is 26.4. The van der Waals surface area contributed by atoms with Crippen molar-refractivity contribution < 1.29 is 9.59 Å². The smallest absolute Gasteiger partial charge is 0.255 e. The molecule has 0 radical (unpaired) electrons. The number of nitrogens with zero attached hydrogens (tertiary/aromatic N) is 2. The van der Waals surface area contributed by atoms with Crippen molar-refractivity contribution in [1.29, 1.82) is 0 Å². The third-order valence-electron chi connectivity index (χ3n) is 8.08. The Kier molecular flexibility index (Phi) is 7.67. The molecule has 8 nitrogen and oxygen atoms in total. The second kappa shape index (κ2) is 11.6. The molecule has 0 fully saturated rings. The Hall–Kier alpha value is -4.98. The third kappa shape index (κ3) is 6.64. The van der Waals surface area contributed by atoms with Gasteiger partial charge in [-0.05, 0) is 99.8 Å². The van der Waals surface area contributed by atoms with E-state index in [0.29, 0.717) is 22.5 Å². The van der Waals surface area contributed by atoms with Gasteiger partial charge in [0.2, 0.25) is 0 Å². The first-order chi connectivity index (χ1) is 21.0. The van der Waals surface area contributed by atoms with E-state index < -0.39 is 0 Å². The first-order valence-electron chi connectivity index (χ1n) is 15.1. The summed E-state index contributed by atoms with van der Waals surface area (Å²) in [5, 5.41) is 14.7. The first-order valence-corrected chi connectivity index (χ1v) is 15.1. The molecular formula is C36H38N6O2. The lowest BCUT2D eigenvalue weighted by Crippen LogP contribution is -2.47. The van der Waals surface area contributed by atoms with Gasteiger partial charge in [-0.15, -0.1) is 0 Å². The van der Waals surface area contributed by atoms with Crippen LogP contribution in [0.1, 0.15) is 72.4 Å². The van der Waals surface area contributed by atoms with Gasteiger partial charge in [0.15, 0.2) is 0 Å². The number of anilines is 2. The molecule has 2 aliphatic rings. The lowest BCUT2D eigenvalue weighted by Gasteiger charge is -2.31. The van der Waals surface area contributed by atoms with Crippen molar-refractivity contribution in [3.63, 3.8) is 0 Å². The van der Waals surface area contributed by atoms with Crippen molar-refractivity contribution in [2.24, 2.45) is 9.98 Å². The summed E-state index contributed by atoms with van der Waals surface area (Å²) < 4.78 is 0. The summed E-state index contributed by atoms with van der Waals surface area (Å²) in [7, 11) is 0. The molecule has 4 N–H and O–H groups in total. The number of carbonyl (C=O) groups excluding carboxylic acids is 2. The molecule has 0 aromatic heterocycles. The molecule has 0 aliphatic carbocycles. The highest BCUT2D eigenvalue weighted by Crippen LogP contribution is 2.23. The van der Waals surface area contributed by atoms with Crippen molar-refractivity contribution in [1.82, 2.24) is 10.6 Å². The SMILES string of the molecule is CC1(C)CCN=C(c2cccc(NC(=O)c3ccc4cc(C(=O)Nc5cccc(C6=NCCC(C)(C)N6)c5)ccc4c3)c2)N1. The van der Waals surface area contributed by atoms with Gasteiger partial charge in [0.05, 0.1) is 0 Å². The number of hydrogen-bond donors (Lipinski definition) is 4. The van der Waals surface area contributed by atoms with Crippen LogP contribution in [-0.4, -0.2) is 47.7 Å². The Labute approximate surface area is 258 Å². The fraction of sp³-hybridized carbons (Fsp3) is 0.278. The molecule has 2 heterocycles. The highest BCUT2D eigenvalue weighted by Gasteiger charge is 2.24. The van der Waals surface area contributed by atoms with Crippen LogP contribution in [0, 0.1) is 0 Å². The second-order valence-corrected chi connectivity index (χ2v) is 12.8. The van der Waals surface area contributed by atoms with Crippen molar-refractivity contribution in [3.8, 4) is 0 Å². The highest BCUT2D eigenvalue weighted by atomic mass is 16.2. The fourth-order valence-corrected chi connectivity index (χ4v) is 5.49. The van der Waals surface area contributed by atoms with E-state index in [0.717, 1.165) is 59.5 Å². The quantitative estimate of drug-likeness (QED) is 0.210. The van der Waals surface area contributed by atoms with Crippen LogP contribution >= 0.6 is 0 Å². The molecular weight excluding hydrogens is 548 g/mol. The zero-order chi connectivity index (χ0) is 30.9. The fourth-order valence-electron chi connectivity index (χ4n) is 5.49. The van der Waals surface area contributed by atoms with Crippen LogP contribution in [0.5, 0.6) is 0 Å². The predicted molar refractivity (Wildman–Crippen MR) is 179 cm³/mol. The van der Waals surface area contributed by atoms with Gasteiger partial charge in [0.25, 0.3) is 11.8 Å². The van der Waals surface area contributed by atoms with E-state index in [1.54, 1.807) is 12.1 Å². The molecule has 2 aliphatic heterocycles. The average molecular weight is 587 g/mol. The molecule has 2 amide bonds. The maximum atomic E-state index is 13.2. The van der Waals surface area contributed by atoms with Crippen LogP contribution in [0.25, 0.3) is 10.8 Å². The molecule has 4 aromatic rings. The number of nitrogens with one attached hydrogen (secondary N) is 4. The van der Waals surface area contributed by atoms with Gasteiger partial charge >= 0.3 is 0 Å². The molecule has 8 heteroatoms. The molecule has 6 rings (SSSR count). The molecule has 0 saturated heterocycles. The van der Waals surface area contributed by atoms with Gasteiger partial charge in [-0.3, -0.25) is 19.6 Å². The standard InChI is InChI=1S/C36H38N6O2/c1-35(2)15-17-37-31(41-35)25-7-5-9-29(21-25)39-33(43)27-13-11-24-20-28(14-12-23(24)19-27)34(44)40-30-10-6-8-26(22-30)32-38-18-16-36(3,4)42-32/h5-14,19-22H,15-18H2,1-4H3,(H,37,41)(H,38,42)(H,39,43)(H,40,44). The minimum absolute atomic E-state index is 0.0211. The number of hydrogen-bond acceptors (Lipinski definition) is 6. The maximum Gasteiger partial charge on any atom is 0.255 e. The maximum absolute atomic E-state index is 13.2. The summed E-state index contributed by atoms with van der Waals surface area (Å²) in [5.74, 6) is 1.28. The van der Waals surface area contributed by atoms with E-state index in [4.69, 9.17) is 0 Å². The van der Waals surface area contributed by atoms with Crippen LogP contribution in [0.2, 0.25) is 0 Å². The second-order valence-electron chi connectivity index (χ2n) is 12.8. The number of fused-ring (bicyclic) bond motifs is 1. The summed E-state index contributed by atoms with van der Waals surface area (Å²) in [6.07, 6.45) is 1.95. The molecule has 0 unspecified atom stereocenters. The van der Waals surface area contributed by atoms with Gasteiger partial charge in [-0.1, -0.05) is 36.4 Å². The number of benzene rings is 4. The Morgan fingerprint density at radius 2 is 1.05 bits per heavy atom. The van der Waals surface area contributed by atoms with Crippen molar-refractivity contribution in [2.45, 2.75) is 51.6 Å². The molecule has 0 bridgehead atoms. The topological polar surface area (TPSA) is 107 Å². The predicted octanol–water partition coefficient (Wildman–Crippen LogP) is 6.38. The van der Waals surface area contributed by atoms with E-state index in [9.17, 15) is 9.59 Å². The first kappa shape index (κ1) is 29.1. The van der Waals surface area contributed by atoms with E-state index >= 15 is 0 Å².